The van der Waals surface area contributed by atoms with Gasteiger partial charge in [-0.15, -0.1) is 0 Å². The zero-order valence-electron chi connectivity index (χ0n) is 36.8. The van der Waals surface area contributed by atoms with Gasteiger partial charge in [-0.2, -0.15) is 0 Å². The molecule has 0 fully saturated rings. The van der Waals surface area contributed by atoms with Crippen LogP contribution in [-0.4, -0.2) is 14.1 Å². The summed E-state index contributed by atoms with van der Waals surface area (Å²) in [5, 5.41) is 0. The van der Waals surface area contributed by atoms with Gasteiger partial charge in [-0.05, 0) is 53.6 Å². The van der Waals surface area contributed by atoms with Gasteiger partial charge in [0, 0.05) is 75.4 Å². The minimum atomic E-state index is 1.11. The van der Waals surface area contributed by atoms with E-state index in [1.165, 1.54) is 182 Å². The average Bonchev–Trinajstić information content (AvgIpc) is 3.24. The van der Waals surface area contributed by atoms with Gasteiger partial charge in [0.25, 0.3) is 0 Å². The minimum absolute atomic E-state index is 1.11. The van der Waals surface area contributed by atoms with E-state index in [0.29, 0.717) is 0 Å². The summed E-state index contributed by atoms with van der Waals surface area (Å²) in [7, 11) is 4.15. The lowest BCUT2D eigenvalue weighted by Crippen LogP contribution is -2.33. The van der Waals surface area contributed by atoms with Crippen molar-refractivity contribution in [3.05, 3.63) is 109 Å². The molecule has 0 aliphatic heterocycles. The predicted octanol–water partition coefficient (Wildman–Crippen LogP) is 13.5. The number of aryl methyl sites for hydroxylation is 3. The monoisotopic (exact) mass is 774 g/mol. The molecule has 0 aliphatic rings. The summed E-state index contributed by atoms with van der Waals surface area (Å²) in [4.78, 5) is 2.13. The van der Waals surface area contributed by atoms with Gasteiger partial charge >= 0.3 is 0 Å². The number of pyridine rings is 3. The van der Waals surface area contributed by atoms with E-state index < -0.39 is 0 Å². The summed E-state index contributed by atoms with van der Waals surface area (Å²) in [6.07, 6.45) is 51.2. The molecule has 0 unspecified atom stereocenters. The Morgan fingerprint density at radius 2 is 0.632 bits per heavy atom. The number of rotatable bonds is 32. The lowest BCUT2D eigenvalue weighted by Gasteiger charge is -2.11. The topological polar surface area (TPSA) is 14.9 Å². The molecule has 57 heavy (non-hydrogen) atoms. The third-order valence-electron chi connectivity index (χ3n) is 11.8. The van der Waals surface area contributed by atoms with E-state index >= 15 is 0 Å². The second-order valence-corrected chi connectivity index (χ2v) is 17.0. The SMILES string of the molecule is CCCCCCCCCCCCCCCC[n+]1ccc(-c2cc[n+](CCCCCCCCCCCC[n+]3ccc(/C=C/c4ccc(N(C)C)cc4)cc3)cc2)cc1. The Kier molecular flexibility index (Phi) is 23.7. The number of aromatic nitrogens is 3. The summed E-state index contributed by atoms with van der Waals surface area (Å²) in [6, 6.07) is 22.3. The number of hydrogen-bond donors (Lipinski definition) is 0. The molecule has 1 aromatic carbocycles. The molecule has 4 nitrogen and oxygen atoms in total. The quantitative estimate of drug-likeness (QED) is 0.0356. The van der Waals surface area contributed by atoms with Crippen LogP contribution < -0.4 is 18.6 Å². The smallest absolute Gasteiger partial charge is 0.169 e. The van der Waals surface area contributed by atoms with Crippen LogP contribution in [0.1, 0.15) is 172 Å². The third-order valence-corrected chi connectivity index (χ3v) is 11.8. The molecule has 4 rings (SSSR count). The van der Waals surface area contributed by atoms with Crippen LogP contribution in [-0.2, 0) is 19.6 Å². The molecule has 0 bridgehead atoms. The number of anilines is 1. The lowest BCUT2D eigenvalue weighted by molar-refractivity contribution is -0.697. The molecule has 3 heterocycles. The highest BCUT2D eigenvalue weighted by molar-refractivity contribution is 5.70. The maximum Gasteiger partial charge on any atom is 0.169 e. The van der Waals surface area contributed by atoms with Crippen molar-refractivity contribution in [1.29, 1.82) is 0 Å². The van der Waals surface area contributed by atoms with Gasteiger partial charge in [0.2, 0.25) is 0 Å². The predicted molar refractivity (Wildman–Crippen MR) is 245 cm³/mol. The fourth-order valence-electron chi connectivity index (χ4n) is 7.89. The van der Waals surface area contributed by atoms with E-state index in [4.69, 9.17) is 0 Å². The zero-order chi connectivity index (χ0) is 40.0. The molecule has 0 radical (unpaired) electrons. The molecule has 3 aromatic heterocycles. The van der Waals surface area contributed by atoms with Crippen molar-refractivity contribution in [3.63, 3.8) is 0 Å². The Labute approximate surface area is 350 Å². The molecule has 0 spiro atoms. The van der Waals surface area contributed by atoms with Gasteiger partial charge in [-0.25, -0.2) is 13.7 Å². The highest BCUT2D eigenvalue weighted by Gasteiger charge is 2.07. The molecule has 0 saturated carbocycles. The first-order chi connectivity index (χ1) is 28.1. The van der Waals surface area contributed by atoms with E-state index in [1.807, 2.05) is 0 Å². The first-order valence-corrected chi connectivity index (χ1v) is 23.5. The third kappa shape index (κ3) is 20.5. The number of unbranched alkanes of at least 4 members (excludes halogenated alkanes) is 22. The molecule has 0 amide bonds. The van der Waals surface area contributed by atoms with Crippen LogP contribution in [0.4, 0.5) is 5.69 Å². The number of nitrogens with zero attached hydrogens (tertiary/aromatic N) is 4. The van der Waals surface area contributed by atoms with E-state index in [9.17, 15) is 0 Å². The zero-order valence-corrected chi connectivity index (χ0v) is 36.8. The van der Waals surface area contributed by atoms with Crippen LogP contribution in [0.3, 0.4) is 0 Å². The van der Waals surface area contributed by atoms with E-state index in [0.717, 1.165) is 19.6 Å². The average molecular weight is 774 g/mol. The molecule has 0 aliphatic carbocycles. The van der Waals surface area contributed by atoms with E-state index in [-0.39, 0.29) is 0 Å². The van der Waals surface area contributed by atoms with E-state index in [2.05, 4.69) is 150 Å². The molecule has 4 heteroatoms. The van der Waals surface area contributed by atoms with Crippen LogP contribution >= 0.6 is 0 Å². The fraction of sp³-hybridized carbons (Fsp3) is 0.566. The second-order valence-electron chi connectivity index (χ2n) is 17.0. The highest BCUT2D eigenvalue weighted by Crippen LogP contribution is 2.18. The molecule has 0 saturated heterocycles. The van der Waals surface area contributed by atoms with Crippen LogP contribution in [0.2, 0.25) is 0 Å². The maximum atomic E-state index is 2.36. The van der Waals surface area contributed by atoms with Gasteiger partial charge in [-0.1, -0.05) is 147 Å². The summed E-state index contributed by atoms with van der Waals surface area (Å²) < 4.78 is 7.05. The summed E-state index contributed by atoms with van der Waals surface area (Å²) in [6.45, 7) is 5.67. The van der Waals surface area contributed by atoms with Crippen molar-refractivity contribution in [3.8, 4) is 11.1 Å². The Bertz CT molecular complexity index is 1570. The van der Waals surface area contributed by atoms with Gasteiger partial charge < -0.3 is 4.90 Å². The first-order valence-electron chi connectivity index (χ1n) is 23.5. The standard InChI is InChI=1S/C53H81N4/c1-4-5-6-7-8-9-10-11-12-13-16-20-23-26-41-56-45-36-51(37-46-56)52-38-47-57(48-39-52)42-27-24-21-18-15-14-17-19-22-25-40-55-43-34-50(35-44-55)29-28-49-30-32-53(33-31-49)54(2)3/h28-39,43-48H,4-27,40-42H2,1-3H3/q+3. The van der Waals surface area contributed by atoms with E-state index in [1.54, 1.807) is 0 Å². The molecular formula is C53H81N4+3. The van der Waals surface area contributed by atoms with Crippen molar-refractivity contribution in [1.82, 2.24) is 0 Å². The van der Waals surface area contributed by atoms with Crippen molar-refractivity contribution in [2.45, 2.75) is 181 Å². The summed E-state index contributed by atoms with van der Waals surface area (Å²) in [5.41, 5.74) is 6.34. The largest absolute Gasteiger partial charge is 0.378 e. The van der Waals surface area contributed by atoms with Gasteiger partial charge in [-0.3, -0.25) is 0 Å². The minimum Gasteiger partial charge on any atom is -0.378 e. The molecular weight excluding hydrogens is 693 g/mol. The van der Waals surface area contributed by atoms with Crippen LogP contribution in [0, 0.1) is 0 Å². The summed E-state index contributed by atoms with van der Waals surface area (Å²) >= 11 is 0. The molecule has 0 N–H and O–H groups in total. The van der Waals surface area contributed by atoms with Gasteiger partial charge in [0.05, 0.1) is 0 Å². The van der Waals surface area contributed by atoms with Crippen LogP contribution in [0.5, 0.6) is 0 Å². The van der Waals surface area contributed by atoms with Crippen molar-refractivity contribution in [2.75, 3.05) is 19.0 Å². The Morgan fingerprint density at radius 3 is 0.947 bits per heavy atom. The normalized spacial score (nSPS) is 11.5. The Hall–Kier alpha value is -3.79. The van der Waals surface area contributed by atoms with Gasteiger partial charge in [0.15, 0.2) is 37.2 Å². The van der Waals surface area contributed by atoms with Crippen molar-refractivity contribution >= 4 is 17.8 Å². The second kappa shape index (κ2) is 29.4. The summed E-state index contributed by atoms with van der Waals surface area (Å²) in [5.74, 6) is 0. The highest BCUT2D eigenvalue weighted by atomic mass is 15.1. The Morgan fingerprint density at radius 1 is 0.351 bits per heavy atom. The number of hydrogen-bond acceptors (Lipinski definition) is 1. The lowest BCUT2D eigenvalue weighted by atomic mass is 10.0. The number of benzene rings is 1. The van der Waals surface area contributed by atoms with Crippen molar-refractivity contribution in [2.24, 2.45) is 0 Å². The first kappa shape index (κ1) is 45.9. The van der Waals surface area contributed by atoms with Crippen LogP contribution in [0.15, 0.2) is 97.8 Å². The fourth-order valence-corrected chi connectivity index (χ4v) is 7.89. The van der Waals surface area contributed by atoms with Crippen LogP contribution in [0.25, 0.3) is 23.3 Å². The Balaban J connectivity index is 0.933. The molecule has 310 valence electrons. The van der Waals surface area contributed by atoms with Crippen molar-refractivity contribution < 1.29 is 13.7 Å². The molecule has 4 aromatic rings. The maximum absolute atomic E-state index is 2.36. The molecule has 0 atom stereocenters. The van der Waals surface area contributed by atoms with Gasteiger partial charge in [0.1, 0.15) is 19.6 Å².